The molecule has 3 heteroatoms. The third-order valence-corrected chi connectivity index (χ3v) is 4.59. The second-order valence-corrected chi connectivity index (χ2v) is 5.30. The van der Waals surface area contributed by atoms with Gasteiger partial charge in [-0.3, -0.25) is 4.79 Å². The molecule has 0 aromatic carbocycles. The lowest BCUT2D eigenvalue weighted by Crippen LogP contribution is -2.44. The summed E-state index contributed by atoms with van der Waals surface area (Å²) in [6.45, 7) is 2.55. The molecule has 16 heavy (non-hydrogen) atoms. The SMILES string of the molecule is CC1OCCC1(C(=O)O)C1CCCCCC1. The Kier molecular flexibility index (Phi) is 3.53. The van der Waals surface area contributed by atoms with E-state index in [1.54, 1.807) is 0 Å². The first kappa shape index (κ1) is 11.9. The van der Waals surface area contributed by atoms with E-state index in [2.05, 4.69) is 0 Å². The average molecular weight is 226 g/mol. The van der Waals surface area contributed by atoms with Crippen LogP contribution in [0.25, 0.3) is 0 Å². The molecule has 0 radical (unpaired) electrons. The van der Waals surface area contributed by atoms with Gasteiger partial charge >= 0.3 is 5.97 Å². The molecule has 2 atom stereocenters. The van der Waals surface area contributed by atoms with Gasteiger partial charge in [-0.2, -0.15) is 0 Å². The van der Waals surface area contributed by atoms with Gasteiger partial charge in [0.15, 0.2) is 0 Å². The van der Waals surface area contributed by atoms with Gasteiger partial charge in [-0.1, -0.05) is 25.7 Å². The van der Waals surface area contributed by atoms with Crippen molar-refractivity contribution in [2.24, 2.45) is 11.3 Å². The van der Waals surface area contributed by atoms with E-state index in [-0.39, 0.29) is 6.10 Å². The fourth-order valence-electron chi connectivity index (χ4n) is 3.54. The zero-order valence-electron chi connectivity index (χ0n) is 10.1. The standard InChI is InChI=1S/C13H22O3/c1-10-13(12(14)15,8-9-16-10)11-6-4-2-3-5-7-11/h10-11H,2-9H2,1H3,(H,14,15). The quantitative estimate of drug-likeness (QED) is 0.736. The van der Waals surface area contributed by atoms with Crippen LogP contribution in [-0.4, -0.2) is 23.8 Å². The van der Waals surface area contributed by atoms with E-state index in [0.29, 0.717) is 18.9 Å². The summed E-state index contributed by atoms with van der Waals surface area (Å²) in [6, 6.07) is 0. The van der Waals surface area contributed by atoms with Crippen LogP contribution in [0, 0.1) is 11.3 Å². The van der Waals surface area contributed by atoms with Gasteiger partial charge in [0.25, 0.3) is 0 Å². The van der Waals surface area contributed by atoms with E-state index in [9.17, 15) is 9.90 Å². The number of rotatable bonds is 2. The van der Waals surface area contributed by atoms with Gasteiger partial charge < -0.3 is 9.84 Å². The zero-order valence-corrected chi connectivity index (χ0v) is 10.1. The third-order valence-electron chi connectivity index (χ3n) is 4.59. The summed E-state index contributed by atoms with van der Waals surface area (Å²) in [5.74, 6) is -0.311. The molecule has 1 heterocycles. The highest BCUT2D eigenvalue weighted by atomic mass is 16.5. The molecule has 92 valence electrons. The van der Waals surface area contributed by atoms with Crippen LogP contribution in [0.2, 0.25) is 0 Å². The van der Waals surface area contributed by atoms with Crippen molar-refractivity contribution in [1.29, 1.82) is 0 Å². The Bertz CT molecular complexity index is 256. The molecule has 2 rings (SSSR count). The zero-order chi connectivity index (χ0) is 11.6. The molecular formula is C13H22O3. The monoisotopic (exact) mass is 226 g/mol. The molecule has 0 bridgehead atoms. The Balaban J connectivity index is 2.20. The van der Waals surface area contributed by atoms with Crippen molar-refractivity contribution in [3.05, 3.63) is 0 Å². The lowest BCUT2D eigenvalue weighted by molar-refractivity contribution is -0.157. The second-order valence-electron chi connectivity index (χ2n) is 5.30. The van der Waals surface area contributed by atoms with Crippen LogP contribution in [0.1, 0.15) is 51.9 Å². The second kappa shape index (κ2) is 4.74. The third kappa shape index (κ3) is 1.86. The summed E-state index contributed by atoms with van der Waals surface area (Å²) in [7, 11) is 0. The van der Waals surface area contributed by atoms with Crippen molar-refractivity contribution in [3.8, 4) is 0 Å². The van der Waals surface area contributed by atoms with Gasteiger partial charge in [-0.25, -0.2) is 0 Å². The summed E-state index contributed by atoms with van der Waals surface area (Å²) >= 11 is 0. The van der Waals surface area contributed by atoms with Gasteiger partial charge in [-0.05, 0) is 32.1 Å². The number of hydrogen-bond donors (Lipinski definition) is 1. The van der Waals surface area contributed by atoms with Crippen molar-refractivity contribution in [2.45, 2.75) is 58.0 Å². The van der Waals surface area contributed by atoms with E-state index in [1.807, 2.05) is 6.92 Å². The van der Waals surface area contributed by atoms with Crippen molar-refractivity contribution in [3.63, 3.8) is 0 Å². The molecule has 1 N–H and O–H groups in total. The largest absolute Gasteiger partial charge is 0.481 e. The van der Waals surface area contributed by atoms with Gasteiger partial charge in [0.1, 0.15) is 0 Å². The number of carboxylic acids is 1. The summed E-state index contributed by atoms with van der Waals surface area (Å²) < 4.78 is 5.54. The number of carbonyl (C=O) groups is 1. The molecule has 2 unspecified atom stereocenters. The Morgan fingerprint density at radius 1 is 1.25 bits per heavy atom. The highest BCUT2D eigenvalue weighted by Gasteiger charge is 2.53. The minimum Gasteiger partial charge on any atom is -0.481 e. The van der Waals surface area contributed by atoms with Gasteiger partial charge in [0.2, 0.25) is 0 Å². The first-order valence-corrected chi connectivity index (χ1v) is 6.53. The van der Waals surface area contributed by atoms with Gasteiger partial charge in [0, 0.05) is 6.61 Å². The van der Waals surface area contributed by atoms with Crippen LogP contribution < -0.4 is 0 Å². The van der Waals surface area contributed by atoms with Crippen molar-refractivity contribution < 1.29 is 14.6 Å². The highest BCUT2D eigenvalue weighted by Crippen LogP contribution is 2.47. The first-order chi connectivity index (χ1) is 7.68. The summed E-state index contributed by atoms with van der Waals surface area (Å²) in [5, 5.41) is 9.60. The minimum atomic E-state index is -0.635. The maximum absolute atomic E-state index is 11.7. The molecule has 0 spiro atoms. The number of carboxylic acid groups (broad SMARTS) is 1. The van der Waals surface area contributed by atoms with Crippen molar-refractivity contribution >= 4 is 5.97 Å². The average Bonchev–Trinajstić information content (AvgIpc) is 2.51. The van der Waals surface area contributed by atoms with Gasteiger partial charge in [0.05, 0.1) is 11.5 Å². The number of aliphatic carboxylic acids is 1. The van der Waals surface area contributed by atoms with Crippen LogP contribution in [0.5, 0.6) is 0 Å². The smallest absolute Gasteiger partial charge is 0.312 e. The predicted molar refractivity (Wildman–Crippen MR) is 61.3 cm³/mol. The molecule has 0 aromatic rings. The van der Waals surface area contributed by atoms with Crippen LogP contribution in [0.15, 0.2) is 0 Å². The molecule has 2 fully saturated rings. The van der Waals surface area contributed by atoms with E-state index >= 15 is 0 Å². The fourth-order valence-corrected chi connectivity index (χ4v) is 3.54. The molecule has 1 saturated heterocycles. The summed E-state index contributed by atoms with van der Waals surface area (Å²) in [6.07, 6.45) is 7.63. The van der Waals surface area contributed by atoms with E-state index in [1.165, 1.54) is 25.7 Å². The summed E-state index contributed by atoms with van der Waals surface area (Å²) in [5.41, 5.74) is -0.593. The Labute approximate surface area is 97.2 Å². The molecule has 0 amide bonds. The molecule has 1 aliphatic carbocycles. The van der Waals surface area contributed by atoms with E-state index in [0.717, 1.165) is 12.8 Å². The molecule has 3 nitrogen and oxygen atoms in total. The van der Waals surface area contributed by atoms with E-state index < -0.39 is 11.4 Å². The molecule has 1 saturated carbocycles. The molecule has 1 aliphatic heterocycles. The highest BCUT2D eigenvalue weighted by molar-refractivity contribution is 5.76. The van der Waals surface area contributed by atoms with Crippen LogP contribution in [0.3, 0.4) is 0 Å². The summed E-state index contributed by atoms with van der Waals surface area (Å²) in [4.78, 5) is 11.7. The van der Waals surface area contributed by atoms with Gasteiger partial charge in [-0.15, -0.1) is 0 Å². The number of hydrogen-bond acceptors (Lipinski definition) is 2. The molecule has 2 aliphatic rings. The fraction of sp³-hybridized carbons (Fsp3) is 0.923. The normalized spacial score (nSPS) is 37.2. The topological polar surface area (TPSA) is 46.5 Å². The number of ether oxygens (including phenoxy) is 1. The van der Waals surface area contributed by atoms with E-state index in [4.69, 9.17) is 4.74 Å². The Morgan fingerprint density at radius 3 is 2.31 bits per heavy atom. The Hall–Kier alpha value is -0.570. The maximum Gasteiger partial charge on any atom is 0.312 e. The van der Waals surface area contributed by atoms with Crippen LogP contribution >= 0.6 is 0 Å². The van der Waals surface area contributed by atoms with Crippen molar-refractivity contribution in [2.75, 3.05) is 6.61 Å². The predicted octanol–water partition coefficient (Wildman–Crippen LogP) is 2.84. The Morgan fingerprint density at radius 2 is 1.88 bits per heavy atom. The van der Waals surface area contributed by atoms with Crippen molar-refractivity contribution in [1.82, 2.24) is 0 Å². The molecule has 0 aromatic heterocycles. The van der Waals surface area contributed by atoms with Crippen LogP contribution in [-0.2, 0) is 9.53 Å². The first-order valence-electron chi connectivity index (χ1n) is 6.53. The maximum atomic E-state index is 11.7. The lowest BCUT2D eigenvalue weighted by atomic mass is 9.67. The minimum absolute atomic E-state index is 0.118. The van der Waals surface area contributed by atoms with Crippen LogP contribution in [0.4, 0.5) is 0 Å². The molecular weight excluding hydrogens is 204 g/mol. The lowest BCUT2D eigenvalue weighted by Gasteiger charge is -2.35.